The van der Waals surface area contributed by atoms with Crippen molar-refractivity contribution in [1.82, 2.24) is 14.8 Å². The van der Waals surface area contributed by atoms with Gasteiger partial charge in [0.05, 0.1) is 31.1 Å². The molecule has 1 aromatic carbocycles. The normalized spacial score (nSPS) is 13.1. The van der Waals surface area contributed by atoms with Crippen LogP contribution in [-0.4, -0.2) is 52.6 Å². The van der Waals surface area contributed by atoms with Crippen LogP contribution in [0, 0.1) is 6.92 Å². The zero-order valence-electron chi connectivity index (χ0n) is 15.7. The maximum atomic E-state index is 12.4. The minimum absolute atomic E-state index is 0.112. The summed E-state index contributed by atoms with van der Waals surface area (Å²) in [6.45, 7) is 1.89. The molecule has 0 aliphatic heterocycles. The predicted molar refractivity (Wildman–Crippen MR) is 102 cm³/mol. The molecule has 0 spiro atoms. The molecule has 3 rings (SSSR count). The fourth-order valence-corrected chi connectivity index (χ4v) is 3.55. The van der Waals surface area contributed by atoms with Crippen molar-refractivity contribution in [2.24, 2.45) is 0 Å². The van der Waals surface area contributed by atoms with Crippen LogP contribution >= 0.6 is 11.8 Å². The molecule has 1 aromatic heterocycles. The topological polar surface area (TPSA) is 112 Å². The number of hydrogen-bond acceptors (Lipinski definition) is 8. The van der Waals surface area contributed by atoms with E-state index >= 15 is 0 Å². The third-order valence-electron chi connectivity index (χ3n) is 4.14. The molecule has 28 heavy (non-hydrogen) atoms. The van der Waals surface area contributed by atoms with Gasteiger partial charge in [0.15, 0.2) is 5.16 Å². The summed E-state index contributed by atoms with van der Waals surface area (Å²) in [5.41, 5.74) is 0.573. The number of nitrogens with zero attached hydrogens (tertiary/aromatic N) is 3. The van der Waals surface area contributed by atoms with Crippen LogP contribution in [0.4, 0.5) is 5.69 Å². The number of rotatable bonds is 7. The van der Waals surface area contributed by atoms with Gasteiger partial charge >= 0.3 is 11.9 Å². The van der Waals surface area contributed by atoms with Gasteiger partial charge in [0.25, 0.3) is 0 Å². The Morgan fingerprint density at radius 3 is 2.25 bits per heavy atom. The number of thioether (sulfide) groups is 1. The van der Waals surface area contributed by atoms with Crippen molar-refractivity contribution in [3.63, 3.8) is 0 Å². The van der Waals surface area contributed by atoms with Gasteiger partial charge in [0, 0.05) is 11.7 Å². The predicted octanol–water partition coefficient (Wildman–Crippen LogP) is 2.23. The second kappa shape index (κ2) is 8.42. The lowest BCUT2D eigenvalue weighted by molar-refractivity contribution is -0.113. The van der Waals surface area contributed by atoms with Gasteiger partial charge in [-0.05, 0) is 38.0 Å². The molecular weight excluding hydrogens is 384 g/mol. The third kappa shape index (κ3) is 4.50. The first-order chi connectivity index (χ1) is 13.4. The van der Waals surface area contributed by atoms with E-state index in [1.807, 2.05) is 11.5 Å². The molecule has 1 fully saturated rings. The Balaban J connectivity index is 1.71. The van der Waals surface area contributed by atoms with Gasteiger partial charge in [-0.25, -0.2) is 9.59 Å². The van der Waals surface area contributed by atoms with E-state index in [-0.39, 0.29) is 22.8 Å². The van der Waals surface area contributed by atoms with Crippen LogP contribution in [0.2, 0.25) is 0 Å². The number of esters is 2. The lowest BCUT2D eigenvalue weighted by atomic mass is 10.1. The Kier molecular flexibility index (Phi) is 5.98. The van der Waals surface area contributed by atoms with Gasteiger partial charge in [-0.1, -0.05) is 11.8 Å². The molecule has 0 radical (unpaired) electrons. The lowest BCUT2D eigenvalue weighted by Crippen LogP contribution is -2.16. The summed E-state index contributed by atoms with van der Waals surface area (Å²) in [4.78, 5) is 36.0. The van der Waals surface area contributed by atoms with E-state index in [4.69, 9.17) is 0 Å². The van der Waals surface area contributed by atoms with Gasteiger partial charge in [-0.3, -0.25) is 4.79 Å². The molecule has 2 aromatic rings. The van der Waals surface area contributed by atoms with Crippen LogP contribution < -0.4 is 5.32 Å². The largest absolute Gasteiger partial charge is 0.465 e. The molecule has 1 saturated carbocycles. The van der Waals surface area contributed by atoms with Crippen LogP contribution in [-0.2, 0) is 14.3 Å². The van der Waals surface area contributed by atoms with E-state index in [1.165, 1.54) is 44.2 Å². The van der Waals surface area contributed by atoms with E-state index in [1.54, 1.807) is 0 Å². The molecule has 148 valence electrons. The maximum absolute atomic E-state index is 12.4. The van der Waals surface area contributed by atoms with Gasteiger partial charge in [0.2, 0.25) is 5.91 Å². The fourth-order valence-electron chi connectivity index (χ4n) is 2.70. The van der Waals surface area contributed by atoms with E-state index in [9.17, 15) is 14.4 Å². The minimum Gasteiger partial charge on any atom is -0.465 e. The van der Waals surface area contributed by atoms with E-state index in [0.29, 0.717) is 16.9 Å². The van der Waals surface area contributed by atoms with Crippen molar-refractivity contribution < 1.29 is 23.9 Å². The standard InChI is InChI=1S/C18H20N4O5S/c1-10-20-21-18(22(10)14-4-5-14)28-9-15(23)19-13-7-11(16(24)26-2)6-12(8-13)17(25)27-3/h6-8,14H,4-5,9H2,1-3H3,(H,19,23). The summed E-state index contributed by atoms with van der Waals surface area (Å²) in [6, 6.07) is 4.65. The fraction of sp³-hybridized carbons (Fsp3) is 0.389. The maximum Gasteiger partial charge on any atom is 0.337 e. The second-order valence-corrected chi connectivity index (χ2v) is 7.19. The van der Waals surface area contributed by atoms with Crippen LogP contribution in [0.1, 0.15) is 45.4 Å². The van der Waals surface area contributed by atoms with Gasteiger partial charge in [0.1, 0.15) is 5.82 Å². The smallest absolute Gasteiger partial charge is 0.337 e. The van der Waals surface area contributed by atoms with Crippen LogP contribution in [0.3, 0.4) is 0 Å². The summed E-state index contributed by atoms with van der Waals surface area (Å²) >= 11 is 1.29. The highest BCUT2D eigenvalue weighted by molar-refractivity contribution is 7.99. The average molecular weight is 404 g/mol. The molecule has 1 N–H and O–H groups in total. The van der Waals surface area contributed by atoms with Crippen molar-refractivity contribution in [2.45, 2.75) is 31.0 Å². The number of ether oxygens (including phenoxy) is 2. The number of nitrogens with one attached hydrogen (secondary N) is 1. The number of benzene rings is 1. The Labute approximate surface area is 165 Å². The number of carbonyl (C=O) groups is 3. The molecule has 0 bridgehead atoms. The molecule has 0 atom stereocenters. The molecule has 9 nitrogen and oxygen atoms in total. The van der Waals surface area contributed by atoms with E-state index < -0.39 is 11.9 Å². The number of aromatic nitrogens is 3. The molecule has 1 amide bonds. The van der Waals surface area contributed by atoms with Crippen molar-refractivity contribution >= 4 is 35.3 Å². The zero-order chi connectivity index (χ0) is 20.3. The first-order valence-electron chi connectivity index (χ1n) is 8.58. The number of hydrogen-bond donors (Lipinski definition) is 1. The quantitative estimate of drug-likeness (QED) is 0.552. The Bertz CT molecular complexity index is 888. The number of carbonyl (C=O) groups excluding carboxylic acids is 3. The highest BCUT2D eigenvalue weighted by atomic mass is 32.2. The lowest BCUT2D eigenvalue weighted by Gasteiger charge is -2.10. The van der Waals surface area contributed by atoms with Crippen molar-refractivity contribution in [3.8, 4) is 0 Å². The monoisotopic (exact) mass is 404 g/mol. The van der Waals surface area contributed by atoms with E-state index in [0.717, 1.165) is 18.7 Å². The summed E-state index contributed by atoms with van der Waals surface area (Å²) in [5.74, 6) is -0.599. The summed E-state index contributed by atoms with van der Waals surface area (Å²) in [6.07, 6.45) is 2.19. The molecule has 10 heteroatoms. The number of anilines is 1. The highest BCUT2D eigenvalue weighted by Gasteiger charge is 2.28. The molecule has 0 unspecified atom stereocenters. The van der Waals surface area contributed by atoms with Crippen LogP contribution in [0.5, 0.6) is 0 Å². The molecule has 1 aliphatic carbocycles. The van der Waals surface area contributed by atoms with Crippen molar-refractivity contribution in [3.05, 3.63) is 35.2 Å². The molecule has 1 heterocycles. The SMILES string of the molecule is COC(=O)c1cc(NC(=O)CSc2nnc(C)n2C2CC2)cc(C(=O)OC)c1. The van der Waals surface area contributed by atoms with Gasteiger partial charge in [-0.15, -0.1) is 10.2 Å². The Hall–Kier alpha value is -2.88. The third-order valence-corrected chi connectivity index (χ3v) is 5.08. The average Bonchev–Trinajstić information content (AvgIpc) is 3.46. The first kappa shape index (κ1) is 19.9. The van der Waals surface area contributed by atoms with E-state index in [2.05, 4.69) is 25.0 Å². The minimum atomic E-state index is -0.622. The zero-order valence-corrected chi connectivity index (χ0v) is 16.5. The van der Waals surface area contributed by atoms with Gasteiger partial charge in [-0.2, -0.15) is 0 Å². The highest BCUT2D eigenvalue weighted by Crippen LogP contribution is 2.38. The summed E-state index contributed by atoms with van der Waals surface area (Å²) < 4.78 is 11.4. The second-order valence-electron chi connectivity index (χ2n) is 6.25. The number of amides is 1. The number of methoxy groups -OCH3 is 2. The Morgan fingerprint density at radius 2 is 1.71 bits per heavy atom. The molecular formula is C18H20N4O5S. The van der Waals surface area contributed by atoms with Gasteiger partial charge < -0.3 is 19.4 Å². The molecule has 0 saturated heterocycles. The van der Waals surface area contributed by atoms with Crippen LogP contribution in [0.25, 0.3) is 0 Å². The number of aryl methyl sites for hydroxylation is 1. The van der Waals surface area contributed by atoms with Crippen molar-refractivity contribution in [1.29, 1.82) is 0 Å². The first-order valence-corrected chi connectivity index (χ1v) is 9.57. The summed E-state index contributed by atoms with van der Waals surface area (Å²) in [7, 11) is 2.47. The Morgan fingerprint density at radius 1 is 1.11 bits per heavy atom. The summed E-state index contributed by atoms with van der Waals surface area (Å²) in [5, 5.41) is 11.6. The van der Waals surface area contributed by atoms with Crippen LogP contribution in [0.15, 0.2) is 23.4 Å². The molecule has 1 aliphatic rings. The van der Waals surface area contributed by atoms with Crippen molar-refractivity contribution in [2.75, 3.05) is 25.3 Å².